The minimum Gasteiger partial charge on any atom is -0.478 e. The number of hydrogen-bond donors (Lipinski definition) is 2. The quantitative estimate of drug-likeness (QED) is 0.480. The van der Waals surface area contributed by atoms with E-state index in [0.29, 0.717) is 5.75 Å². The molecule has 1 heterocycles. The molecule has 0 saturated carbocycles. The first-order valence-corrected chi connectivity index (χ1v) is 11.3. The Morgan fingerprint density at radius 3 is 2.45 bits per heavy atom. The van der Waals surface area contributed by atoms with Gasteiger partial charge in [0.2, 0.25) is 11.7 Å². The molecule has 0 unspecified atom stereocenters. The van der Waals surface area contributed by atoms with Gasteiger partial charge in [0.1, 0.15) is 10.6 Å². The Morgan fingerprint density at radius 2 is 1.81 bits per heavy atom. The van der Waals surface area contributed by atoms with Gasteiger partial charge in [0.05, 0.1) is 23.4 Å². The average Bonchev–Trinajstić information content (AvgIpc) is 2.76. The Bertz CT molecular complexity index is 1170. The Labute approximate surface area is 190 Å². The van der Waals surface area contributed by atoms with E-state index in [4.69, 9.17) is 32.7 Å². The number of aromatic nitrogens is 2. The van der Waals surface area contributed by atoms with E-state index in [1.165, 1.54) is 31.5 Å². The number of ether oxygens (including phenoxy) is 2. The lowest BCUT2D eigenvalue weighted by atomic mass is 10.1. The van der Waals surface area contributed by atoms with Gasteiger partial charge in [0.15, 0.2) is 0 Å². The number of anilines is 1. The van der Waals surface area contributed by atoms with Crippen LogP contribution in [0.2, 0.25) is 10.0 Å². The first kappa shape index (κ1) is 23.1. The zero-order chi connectivity index (χ0) is 22.6. The summed E-state index contributed by atoms with van der Waals surface area (Å²) in [4.78, 5) is 8.06. The van der Waals surface area contributed by atoms with Gasteiger partial charge in [-0.15, -0.1) is 0 Å². The number of methoxy groups -OCH3 is 1. The zero-order valence-corrected chi connectivity index (χ0v) is 19.2. The van der Waals surface area contributed by atoms with Crippen LogP contribution in [0.15, 0.2) is 53.6 Å². The third-order valence-electron chi connectivity index (χ3n) is 4.38. The monoisotopic (exact) mass is 482 g/mol. The summed E-state index contributed by atoms with van der Waals surface area (Å²) in [5.74, 6) is 0.487. The molecule has 3 rings (SSSR count). The van der Waals surface area contributed by atoms with E-state index in [-0.39, 0.29) is 38.6 Å². The molecule has 1 aromatic heterocycles. The lowest BCUT2D eigenvalue weighted by molar-refractivity contribution is 0.382. The molecular formula is C20H20Cl2N4O4S. The fraction of sp³-hybridized carbons (Fsp3) is 0.200. The smallest absolute Gasteiger partial charge is 0.264 e. The van der Waals surface area contributed by atoms with Crippen LogP contribution in [0.4, 0.5) is 5.82 Å². The summed E-state index contributed by atoms with van der Waals surface area (Å²) in [6.45, 7) is 2.04. The van der Waals surface area contributed by atoms with Crippen LogP contribution in [-0.2, 0) is 10.0 Å². The van der Waals surface area contributed by atoms with Crippen molar-refractivity contribution in [1.29, 1.82) is 0 Å². The molecule has 2 N–H and O–H groups in total. The number of halogens is 2. The van der Waals surface area contributed by atoms with Crippen molar-refractivity contribution in [2.75, 3.05) is 18.9 Å². The number of nitrogens with one attached hydrogen (secondary N) is 2. The summed E-state index contributed by atoms with van der Waals surface area (Å²) in [6, 6.07) is 12.0. The first-order valence-electron chi connectivity index (χ1n) is 9.08. The predicted octanol–water partition coefficient (Wildman–Crippen LogP) is 4.67. The van der Waals surface area contributed by atoms with Gasteiger partial charge in [-0.25, -0.2) is 13.4 Å². The maximum absolute atomic E-state index is 12.7. The van der Waals surface area contributed by atoms with Gasteiger partial charge < -0.3 is 14.8 Å². The van der Waals surface area contributed by atoms with Crippen LogP contribution >= 0.6 is 23.2 Å². The second kappa shape index (κ2) is 9.69. The van der Waals surface area contributed by atoms with E-state index < -0.39 is 10.0 Å². The SMILES string of the molecule is CN[C@@H](C)c1ccc(Oc2cnc(NS(=O)(=O)c3cccc(Cl)c3Cl)c(OC)n2)cc1. The highest BCUT2D eigenvalue weighted by Gasteiger charge is 2.23. The number of benzene rings is 2. The van der Waals surface area contributed by atoms with Crippen molar-refractivity contribution < 1.29 is 17.9 Å². The molecule has 164 valence electrons. The number of sulfonamides is 1. The molecule has 0 aliphatic heterocycles. The van der Waals surface area contributed by atoms with Crippen molar-refractivity contribution in [3.8, 4) is 17.5 Å². The van der Waals surface area contributed by atoms with Crippen LogP contribution in [0.3, 0.4) is 0 Å². The Kier molecular flexibility index (Phi) is 7.22. The zero-order valence-electron chi connectivity index (χ0n) is 16.9. The largest absolute Gasteiger partial charge is 0.478 e. The van der Waals surface area contributed by atoms with Crippen molar-refractivity contribution >= 4 is 39.0 Å². The van der Waals surface area contributed by atoms with Crippen LogP contribution in [0, 0.1) is 0 Å². The Balaban J connectivity index is 1.82. The molecule has 11 heteroatoms. The van der Waals surface area contributed by atoms with Crippen molar-refractivity contribution in [2.24, 2.45) is 0 Å². The highest BCUT2D eigenvalue weighted by molar-refractivity contribution is 7.92. The molecule has 2 aromatic carbocycles. The molecule has 31 heavy (non-hydrogen) atoms. The lowest BCUT2D eigenvalue weighted by Crippen LogP contribution is -2.16. The van der Waals surface area contributed by atoms with Crippen molar-refractivity contribution in [3.63, 3.8) is 0 Å². The van der Waals surface area contributed by atoms with Gasteiger partial charge in [-0.05, 0) is 43.8 Å². The topological polar surface area (TPSA) is 102 Å². The molecule has 0 saturated heterocycles. The summed E-state index contributed by atoms with van der Waals surface area (Å²) in [5.41, 5.74) is 1.10. The summed E-state index contributed by atoms with van der Waals surface area (Å²) in [5, 5.41) is 3.17. The summed E-state index contributed by atoms with van der Waals surface area (Å²) in [6.07, 6.45) is 1.28. The molecule has 0 amide bonds. The lowest BCUT2D eigenvalue weighted by Gasteiger charge is -2.13. The van der Waals surface area contributed by atoms with E-state index in [1.807, 2.05) is 26.1 Å². The fourth-order valence-electron chi connectivity index (χ4n) is 2.60. The van der Waals surface area contributed by atoms with Gasteiger partial charge in [-0.1, -0.05) is 41.4 Å². The van der Waals surface area contributed by atoms with Crippen LogP contribution in [-0.4, -0.2) is 32.5 Å². The molecule has 3 aromatic rings. The maximum Gasteiger partial charge on any atom is 0.264 e. The third kappa shape index (κ3) is 5.37. The van der Waals surface area contributed by atoms with Gasteiger partial charge in [0, 0.05) is 6.04 Å². The minimum atomic E-state index is -4.08. The number of hydrogen-bond acceptors (Lipinski definition) is 7. The van der Waals surface area contributed by atoms with Crippen molar-refractivity contribution in [1.82, 2.24) is 15.3 Å². The fourth-order valence-corrected chi connectivity index (χ4v) is 4.37. The first-order chi connectivity index (χ1) is 14.7. The third-order valence-corrected chi connectivity index (χ3v) is 6.70. The van der Waals surface area contributed by atoms with E-state index in [0.717, 1.165) is 5.56 Å². The van der Waals surface area contributed by atoms with E-state index in [1.54, 1.807) is 12.1 Å². The van der Waals surface area contributed by atoms with Crippen LogP contribution < -0.4 is 19.5 Å². The predicted molar refractivity (Wildman–Crippen MR) is 120 cm³/mol. The number of rotatable bonds is 8. The molecule has 0 radical (unpaired) electrons. The summed E-state index contributed by atoms with van der Waals surface area (Å²) >= 11 is 11.9. The van der Waals surface area contributed by atoms with Gasteiger partial charge in [-0.3, -0.25) is 4.72 Å². The van der Waals surface area contributed by atoms with Crippen molar-refractivity contribution in [3.05, 3.63) is 64.3 Å². The molecular weight excluding hydrogens is 463 g/mol. The van der Waals surface area contributed by atoms with E-state index >= 15 is 0 Å². The van der Waals surface area contributed by atoms with E-state index in [2.05, 4.69) is 20.0 Å². The Hall–Kier alpha value is -2.59. The molecule has 0 spiro atoms. The normalized spacial score (nSPS) is 12.3. The average molecular weight is 483 g/mol. The van der Waals surface area contributed by atoms with Crippen LogP contribution in [0.5, 0.6) is 17.5 Å². The minimum absolute atomic E-state index is 0.0698. The highest BCUT2D eigenvalue weighted by Crippen LogP contribution is 2.32. The standard InChI is InChI=1S/C20H20Cl2N4O4S/c1-12(23-2)13-7-9-14(10-8-13)30-17-11-24-19(20(25-17)29-3)26-31(27,28)16-6-4-5-15(21)18(16)22/h4-12,23H,1-3H3,(H,24,26)/t12-/m0/s1. The summed E-state index contributed by atoms with van der Waals surface area (Å²) < 4.78 is 38.6. The number of nitrogens with zero attached hydrogens (tertiary/aromatic N) is 2. The molecule has 0 aliphatic rings. The molecule has 0 aliphatic carbocycles. The molecule has 1 atom stereocenters. The van der Waals surface area contributed by atoms with Crippen LogP contribution in [0.25, 0.3) is 0 Å². The van der Waals surface area contributed by atoms with Gasteiger partial charge >= 0.3 is 0 Å². The summed E-state index contributed by atoms with van der Waals surface area (Å²) in [7, 11) is -0.861. The second-order valence-corrected chi connectivity index (χ2v) is 8.84. The molecule has 8 nitrogen and oxygen atoms in total. The molecule has 0 fully saturated rings. The Morgan fingerprint density at radius 1 is 1.10 bits per heavy atom. The van der Waals surface area contributed by atoms with E-state index in [9.17, 15) is 8.42 Å². The highest BCUT2D eigenvalue weighted by atomic mass is 35.5. The van der Waals surface area contributed by atoms with Gasteiger partial charge in [0.25, 0.3) is 15.9 Å². The second-order valence-electron chi connectivity index (χ2n) is 6.41. The molecule has 0 bridgehead atoms. The van der Waals surface area contributed by atoms with Crippen molar-refractivity contribution in [2.45, 2.75) is 17.9 Å². The maximum atomic E-state index is 12.7. The van der Waals surface area contributed by atoms with Crippen LogP contribution in [0.1, 0.15) is 18.5 Å². The van der Waals surface area contributed by atoms with Gasteiger partial charge in [-0.2, -0.15) is 4.98 Å².